The summed E-state index contributed by atoms with van der Waals surface area (Å²) in [4.78, 5) is 23.6. The third kappa shape index (κ3) is 2.59. The lowest BCUT2D eigenvalue weighted by molar-refractivity contribution is -0.384. The third-order valence-electron chi connectivity index (χ3n) is 2.89. The zero-order valence-corrected chi connectivity index (χ0v) is 10.7. The molecule has 0 heterocycles. The molecule has 0 radical (unpaired) electrons. The number of carbonyl (C=O) groups excluding carboxylic acids is 1. The summed E-state index contributed by atoms with van der Waals surface area (Å²) in [6.07, 6.45) is 0. The molecule has 0 bridgehead atoms. The number of non-ortho nitro benzene ring substituents is 1. The second-order valence-electron chi connectivity index (χ2n) is 4.15. The minimum Gasteiger partial charge on any atom is -0.507 e. The number of phenolic OH excluding ortho intramolecular Hbond substituents is 1. The van der Waals surface area contributed by atoms with Crippen LogP contribution >= 0.6 is 0 Å². The summed E-state index contributed by atoms with van der Waals surface area (Å²) in [7, 11) is 1.54. The average molecular weight is 272 g/mol. The van der Waals surface area contributed by atoms with E-state index in [1.54, 1.807) is 12.1 Å². The largest absolute Gasteiger partial charge is 0.507 e. The van der Waals surface area contributed by atoms with Crippen LogP contribution in [-0.2, 0) is 0 Å². The number of benzene rings is 2. The topological polar surface area (TPSA) is 83.7 Å². The molecule has 0 saturated heterocycles. The van der Waals surface area contributed by atoms with Crippen LogP contribution in [0.1, 0.15) is 10.4 Å². The Morgan fingerprint density at radius 1 is 1.15 bits per heavy atom. The highest BCUT2D eigenvalue weighted by Gasteiger charge is 2.17. The molecule has 0 aromatic heterocycles. The van der Waals surface area contributed by atoms with E-state index in [-0.39, 0.29) is 17.0 Å². The molecule has 2 rings (SSSR count). The first-order chi connectivity index (χ1) is 9.50. The molecule has 2 aromatic rings. The van der Waals surface area contributed by atoms with E-state index in [4.69, 9.17) is 0 Å². The van der Waals surface area contributed by atoms with Crippen LogP contribution in [0, 0.1) is 10.1 Å². The van der Waals surface area contributed by atoms with Gasteiger partial charge >= 0.3 is 0 Å². The highest BCUT2D eigenvalue weighted by atomic mass is 16.6. The van der Waals surface area contributed by atoms with Gasteiger partial charge in [0.25, 0.3) is 11.6 Å². The van der Waals surface area contributed by atoms with Crippen molar-refractivity contribution in [2.45, 2.75) is 0 Å². The molecule has 102 valence electrons. The van der Waals surface area contributed by atoms with E-state index in [0.29, 0.717) is 5.69 Å². The van der Waals surface area contributed by atoms with Gasteiger partial charge in [0, 0.05) is 24.9 Å². The normalized spacial score (nSPS) is 10.1. The van der Waals surface area contributed by atoms with E-state index in [0.717, 1.165) is 0 Å². The Morgan fingerprint density at radius 3 is 2.30 bits per heavy atom. The van der Waals surface area contributed by atoms with Crippen molar-refractivity contribution in [2.75, 3.05) is 11.9 Å². The predicted molar refractivity (Wildman–Crippen MR) is 73.9 cm³/mol. The van der Waals surface area contributed by atoms with Crippen molar-refractivity contribution < 1.29 is 14.8 Å². The first kappa shape index (κ1) is 13.5. The Morgan fingerprint density at radius 2 is 1.75 bits per heavy atom. The van der Waals surface area contributed by atoms with Gasteiger partial charge in [0.2, 0.25) is 0 Å². The summed E-state index contributed by atoms with van der Waals surface area (Å²) < 4.78 is 0. The van der Waals surface area contributed by atoms with Gasteiger partial charge in [-0.2, -0.15) is 0 Å². The summed E-state index contributed by atoms with van der Waals surface area (Å²) in [6, 6.07) is 11.8. The van der Waals surface area contributed by atoms with E-state index in [1.807, 2.05) is 0 Å². The zero-order chi connectivity index (χ0) is 14.7. The minimum atomic E-state index is -0.505. The standard InChI is InChI=1S/C14H12N2O4/c1-15(10-6-8-11(9-7-10)16(19)20)14(18)12-4-2-3-5-13(12)17/h2-9,17H,1H3. The van der Waals surface area contributed by atoms with E-state index < -0.39 is 10.8 Å². The molecule has 0 unspecified atom stereocenters. The second-order valence-corrected chi connectivity index (χ2v) is 4.15. The lowest BCUT2D eigenvalue weighted by atomic mass is 10.1. The van der Waals surface area contributed by atoms with Gasteiger partial charge < -0.3 is 10.0 Å². The summed E-state index contributed by atoms with van der Waals surface area (Å²) in [5, 5.41) is 20.2. The Balaban J connectivity index is 2.27. The highest BCUT2D eigenvalue weighted by molar-refractivity contribution is 6.07. The number of nitro benzene ring substituents is 1. The SMILES string of the molecule is CN(C(=O)c1ccccc1O)c1ccc([N+](=O)[O-])cc1. The quantitative estimate of drug-likeness (QED) is 0.687. The van der Waals surface area contributed by atoms with Crippen LogP contribution in [0.5, 0.6) is 5.75 Å². The maximum atomic E-state index is 12.2. The van der Waals surface area contributed by atoms with Crippen molar-refractivity contribution in [3.8, 4) is 5.75 Å². The number of phenols is 1. The maximum Gasteiger partial charge on any atom is 0.269 e. The summed E-state index contributed by atoms with van der Waals surface area (Å²) in [6.45, 7) is 0. The van der Waals surface area contributed by atoms with Crippen LogP contribution in [0.2, 0.25) is 0 Å². The van der Waals surface area contributed by atoms with Gasteiger partial charge in [0.1, 0.15) is 5.75 Å². The number of rotatable bonds is 3. The van der Waals surface area contributed by atoms with Crippen molar-refractivity contribution in [3.05, 3.63) is 64.2 Å². The molecule has 0 fully saturated rings. The van der Waals surface area contributed by atoms with Gasteiger partial charge in [-0.05, 0) is 24.3 Å². The number of amides is 1. The summed E-state index contributed by atoms with van der Waals surface area (Å²) >= 11 is 0. The Bertz CT molecular complexity index is 652. The van der Waals surface area contributed by atoms with Crippen molar-refractivity contribution >= 4 is 17.3 Å². The zero-order valence-electron chi connectivity index (χ0n) is 10.7. The van der Waals surface area contributed by atoms with Gasteiger partial charge in [-0.15, -0.1) is 0 Å². The van der Waals surface area contributed by atoms with Crippen molar-refractivity contribution in [3.63, 3.8) is 0 Å². The van der Waals surface area contributed by atoms with Crippen LogP contribution in [0.15, 0.2) is 48.5 Å². The number of para-hydroxylation sites is 1. The van der Waals surface area contributed by atoms with Crippen molar-refractivity contribution in [2.24, 2.45) is 0 Å². The lowest BCUT2D eigenvalue weighted by Gasteiger charge is -2.17. The molecule has 6 heteroatoms. The van der Waals surface area contributed by atoms with Crippen LogP contribution in [0.3, 0.4) is 0 Å². The lowest BCUT2D eigenvalue weighted by Crippen LogP contribution is -2.26. The number of nitro groups is 1. The van der Waals surface area contributed by atoms with Gasteiger partial charge in [-0.25, -0.2) is 0 Å². The molecule has 2 aromatic carbocycles. The number of carbonyl (C=O) groups is 1. The molecule has 20 heavy (non-hydrogen) atoms. The van der Waals surface area contributed by atoms with Gasteiger partial charge in [-0.3, -0.25) is 14.9 Å². The molecule has 0 atom stereocenters. The predicted octanol–water partition coefficient (Wildman–Crippen LogP) is 2.58. The van der Waals surface area contributed by atoms with Crippen LogP contribution in [-0.4, -0.2) is 23.0 Å². The number of aromatic hydroxyl groups is 1. The molecule has 0 aliphatic carbocycles. The monoisotopic (exact) mass is 272 g/mol. The van der Waals surface area contributed by atoms with Gasteiger partial charge in [0.05, 0.1) is 10.5 Å². The Labute approximate surface area is 115 Å². The third-order valence-corrected chi connectivity index (χ3v) is 2.89. The molecule has 0 aliphatic rings. The van der Waals surface area contributed by atoms with Crippen LogP contribution in [0.4, 0.5) is 11.4 Å². The molecule has 6 nitrogen and oxygen atoms in total. The number of anilines is 1. The van der Waals surface area contributed by atoms with E-state index in [1.165, 1.54) is 48.3 Å². The first-order valence-corrected chi connectivity index (χ1v) is 5.81. The fourth-order valence-electron chi connectivity index (χ4n) is 1.75. The fourth-order valence-corrected chi connectivity index (χ4v) is 1.75. The summed E-state index contributed by atoms with van der Waals surface area (Å²) in [5.41, 5.74) is 0.634. The second kappa shape index (κ2) is 5.40. The van der Waals surface area contributed by atoms with E-state index in [2.05, 4.69) is 0 Å². The van der Waals surface area contributed by atoms with Crippen molar-refractivity contribution in [1.82, 2.24) is 0 Å². The maximum absolute atomic E-state index is 12.2. The van der Waals surface area contributed by atoms with Crippen molar-refractivity contribution in [1.29, 1.82) is 0 Å². The number of nitrogens with zero attached hydrogens (tertiary/aromatic N) is 2. The molecule has 1 N–H and O–H groups in total. The first-order valence-electron chi connectivity index (χ1n) is 5.81. The van der Waals surface area contributed by atoms with E-state index >= 15 is 0 Å². The fraction of sp³-hybridized carbons (Fsp3) is 0.0714. The highest BCUT2D eigenvalue weighted by Crippen LogP contribution is 2.23. The average Bonchev–Trinajstić information content (AvgIpc) is 2.46. The van der Waals surface area contributed by atoms with Gasteiger partial charge in [-0.1, -0.05) is 12.1 Å². The molecule has 0 aliphatic heterocycles. The molecular weight excluding hydrogens is 260 g/mol. The molecular formula is C14H12N2O4. The van der Waals surface area contributed by atoms with Crippen LogP contribution < -0.4 is 4.90 Å². The number of hydrogen-bond acceptors (Lipinski definition) is 4. The summed E-state index contributed by atoms with van der Waals surface area (Å²) in [5.74, 6) is -0.497. The smallest absolute Gasteiger partial charge is 0.269 e. The number of hydrogen-bond donors (Lipinski definition) is 1. The van der Waals surface area contributed by atoms with Crippen LogP contribution in [0.25, 0.3) is 0 Å². The Hall–Kier alpha value is -2.89. The molecule has 0 spiro atoms. The minimum absolute atomic E-state index is 0.0443. The van der Waals surface area contributed by atoms with E-state index in [9.17, 15) is 20.0 Å². The Kier molecular flexibility index (Phi) is 3.65. The molecule has 0 saturated carbocycles. The molecule has 1 amide bonds. The van der Waals surface area contributed by atoms with Gasteiger partial charge in [0.15, 0.2) is 0 Å².